The first-order valence-corrected chi connectivity index (χ1v) is 8.16. The lowest BCUT2D eigenvalue weighted by Gasteiger charge is -2.18. The van der Waals surface area contributed by atoms with Crippen LogP contribution in [-0.4, -0.2) is 4.98 Å². The van der Waals surface area contributed by atoms with E-state index in [2.05, 4.69) is 4.98 Å². The van der Waals surface area contributed by atoms with Crippen molar-refractivity contribution in [3.63, 3.8) is 0 Å². The van der Waals surface area contributed by atoms with Crippen LogP contribution in [-0.2, 0) is 12.7 Å². The second kappa shape index (κ2) is 7.00. The Balaban J connectivity index is 2.03. The van der Waals surface area contributed by atoms with Crippen LogP contribution in [0.3, 0.4) is 0 Å². The van der Waals surface area contributed by atoms with Crippen molar-refractivity contribution in [3.05, 3.63) is 89.6 Å². The zero-order chi connectivity index (χ0) is 20.6. The lowest BCUT2D eigenvalue weighted by Crippen LogP contribution is -2.09. The van der Waals surface area contributed by atoms with Crippen molar-refractivity contribution in [2.24, 2.45) is 5.41 Å². The standard InChI is InChI=1S/C23H25N/c1-23(2,3)17-20-12-13-24-22(16-20)21-11-7-10-19(15-21)14-18-8-5-4-6-9-18/h4-13,15-16H,14,17H2,1-3H3/i14D2,17D2. The molecule has 2 aromatic carbocycles. The highest BCUT2D eigenvalue weighted by atomic mass is 14.7. The molecule has 0 saturated carbocycles. The number of benzene rings is 2. The summed E-state index contributed by atoms with van der Waals surface area (Å²) in [6, 6.07) is 19.8. The Kier molecular flexibility index (Phi) is 3.51. The van der Waals surface area contributed by atoms with Gasteiger partial charge in [-0.05, 0) is 53.1 Å². The molecule has 0 aliphatic carbocycles. The molecule has 0 fully saturated rings. The minimum atomic E-state index is -1.63. The van der Waals surface area contributed by atoms with E-state index >= 15 is 0 Å². The molecule has 0 radical (unpaired) electrons. The van der Waals surface area contributed by atoms with Gasteiger partial charge in [-0.1, -0.05) is 69.3 Å². The molecule has 1 heteroatoms. The molecule has 0 aliphatic heterocycles. The fourth-order valence-electron chi connectivity index (χ4n) is 2.54. The largest absolute Gasteiger partial charge is 0.256 e. The minimum absolute atomic E-state index is 0.544. The van der Waals surface area contributed by atoms with Crippen molar-refractivity contribution in [2.45, 2.75) is 33.5 Å². The van der Waals surface area contributed by atoms with Crippen molar-refractivity contribution in [1.82, 2.24) is 4.98 Å². The van der Waals surface area contributed by atoms with E-state index in [1.54, 1.807) is 42.6 Å². The molecule has 0 aliphatic rings. The van der Waals surface area contributed by atoms with E-state index in [1.165, 1.54) is 0 Å². The molecule has 0 bridgehead atoms. The van der Waals surface area contributed by atoms with E-state index in [4.69, 9.17) is 5.48 Å². The van der Waals surface area contributed by atoms with Crippen LogP contribution in [0.15, 0.2) is 72.9 Å². The second-order valence-corrected chi connectivity index (χ2v) is 6.88. The Bertz CT molecular complexity index is 960. The number of pyridine rings is 1. The van der Waals surface area contributed by atoms with Crippen molar-refractivity contribution < 1.29 is 5.48 Å². The SMILES string of the molecule is [2H]C([2H])(c1ccccc1)c1cccc(-c2cc(C([2H])([2H])C(C)(C)C)ccn2)c1. The Labute approximate surface area is 151 Å². The van der Waals surface area contributed by atoms with E-state index in [1.807, 2.05) is 51.1 Å². The fraction of sp³-hybridized carbons (Fsp3) is 0.261. The topological polar surface area (TPSA) is 12.9 Å². The number of hydrogen-bond acceptors (Lipinski definition) is 1. The quantitative estimate of drug-likeness (QED) is 0.581. The monoisotopic (exact) mass is 319 g/mol. The van der Waals surface area contributed by atoms with Crippen molar-refractivity contribution in [1.29, 1.82) is 0 Å². The van der Waals surface area contributed by atoms with E-state index in [-0.39, 0.29) is 0 Å². The molecule has 3 aromatic rings. The lowest BCUT2D eigenvalue weighted by atomic mass is 9.88. The molecule has 3 rings (SSSR count). The smallest absolute Gasteiger partial charge is 0.0704 e. The van der Waals surface area contributed by atoms with Gasteiger partial charge < -0.3 is 0 Å². The highest BCUT2D eigenvalue weighted by molar-refractivity contribution is 5.61. The van der Waals surface area contributed by atoms with Gasteiger partial charge in [-0.25, -0.2) is 0 Å². The van der Waals surface area contributed by atoms with Crippen LogP contribution in [0.25, 0.3) is 11.3 Å². The lowest BCUT2D eigenvalue weighted by molar-refractivity contribution is 0.411. The number of nitrogens with zero attached hydrogens (tertiary/aromatic N) is 1. The maximum absolute atomic E-state index is 8.58. The summed E-state index contributed by atoms with van der Waals surface area (Å²) < 4.78 is 34.2. The third-order valence-corrected chi connectivity index (χ3v) is 3.50. The van der Waals surface area contributed by atoms with E-state index < -0.39 is 18.2 Å². The molecule has 1 aromatic heterocycles. The number of hydrogen-bond donors (Lipinski definition) is 0. The van der Waals surface area contributed by atoms with Gasteiger partial charge in [-0.2, -0.15) is 0 Å². The Hall–Kier alpha value is -2.41. The molecular weight excluding hydrogens is 290 g/mol. The maximum atomic E-state index is 8.58. The fourth-order valence-corrected chi connectivity index (χ4v) is 2.54. The molecular formula is C23H25N. The first-order chi connectivity index (χ1) is 13.0. The van der Waals surface area contributed by atoms with Crippen LogP contribution in [0.2, 0.25) is 0 Å². The van der Waals surface area contributed by atoms with Crippen LogP contribution >= 0.6 is 0 Å². The van der Waals surface area contributed by atoms with E-state index in [0.717, 1.165) is 5.56 Å². The highest BCUT2D eigenvalue weighted by Crippen LogP contribution is 2.25. The predicted octanol–water partition coefficient (Wildman–Crippen LogP) is 5.93. The van der Waals surface area contributed by atoms with Gasteiger partial charge >= 0.3 is 0 Å². The van der Waals surface area contributed by atoms with Gasteiger partial charge in [0.05, 0.1) is 5.69 Å². The molecule has 1 nitrogen and oxygen atoms in total. The molecule has 0 atom stereocenters. The molecule has 1 heterocycles. The number of aromatic nitrogens is 1. The summed E-state index contributed by atoms with van der Waals surface area (Å²) in [5, 5.41) is 0. The van der Waals surface area contributed by atoms with E-state index in [0.29, 0.717) is 22.4 Å². The van der Waals surface area contributed by atoms with Crippen molar-refractivity contribution >= 4 is 0 Å². The average molecular weight is 319 g/mol. The normalized spacial score (nSPS) is 15.1. The van der Waals surface area contributed by atoms with Gasteiger partial charge in [-0.15, -0.1) is 0 Å². The molecule has 0 amide bonds. The van der Waals surface area contributed by atoms with Gasteiger partial charge in [-0.3, -0.25) is 4.98 Å². The Morgan fingerprint density at radius 2 is 1.58 bits per heavy atom. The van der Waals surface area contributed by atoms with Crippen LogP contribution in [0.4, 0.5) is 0 Å². The molecule has 0 unspecified atom stereocenters. The van der Waals surface area contributed by atoms with Crippen LogP contribution < -0.4 is 0 Å². The van der Waals surface area contributed by atoms with Crippen molar-refractivity contribution in [3.8, 4) is 11.3 Å². The summed E-state index contributed by atoms with van der Waals surface area (Å²) in [5.74, 6) is 0. The zero-order valence-corrected chi connectivity index (χ0v) is 14.4. The van der Waals surface area contributed by atoms with Crippen LogP contribution in [0.5, 0.6) is 0 Å². The maximum Gasteiger partial charge on any atom is 0.0704 e. The van der Waals surface area contributed by atoms with Crippen LogP contribution in [0, 0.1) is 5.41 Å². The summed E-state index contributed by atoms with van der Waals surface area (Å²) in [4.78, 5) is 4.41. The Morgan fingerprint density at radius 3 is 2.33 bits per heavy atom. The molecule has 0 spiro atoms. The van der Waals surface area contributed by atoms with Gasteiger partial charge in [0.1, 0.15) is 0 Å². The van der Waals surface area contributed by atoms with Gasteiger partial charge in [0.2, 0.25) is 0 Å². The van der Waals surface area contributed by atoms with Gasteiger partial charge in [0.25, 0.3) is 0 Å². The third-order valence-electron chi connectivity index (χ3n) is 3.50. The third kappa shape index (κ3) is 4.55. The van der Waals surface area contributed by atoms with Crippen LogP contribution in [0.1, 0.15) is 42.9 Å². The summed E-state index contributed by atoms with van der Waals surface area (Å²) >= 11 is 0. The number of rotatable bonds is 4. The van der Waals surface area contributed by atoms with Crippen molar-refractivity contribution in [2.75, 3.05) is 0 Å². The zero-order valence-electron chi connectivity index (χ0n) is 18.4. The molecule has 24 heavy (non-hydrogen) atoms. The Morgan fingerprint density at radius 1 is 0.833 bits per heavy atom. The molecule has 0 saturated heterocycles. The van der Waals surface area contributed by atoms with Gasteiger partial charge in [0, 0.05) is 17.2 Å². The first-order valence-electron chi connectivity index (χ1n) is 10.2. The second-order valence-electron chi connectivity index (χ2n) is 6.88. The predicted molar refractivity (Wildman–Crippen MR) is 102 cm³/mol. The summed E-state index contributed by atoms with van der Waals surface area (Å²) in [6.07, 6.45) is -1.53. The molecule has 0 N–H and O–H groups in total. The summed E-state index contributed by atoms with van der Waals surface area (Å²) in [7, 11) is 0. The average Bonchev–Trinajstić information content (AvgIpc) is 2.68. The molecule has 122 valence electrons. The minimum Gasteiger partial charge on any atom is -0.256 e. The van der Waals surface area contributed by atoms with Gasteiger partial charge in [0.15, 0.2) is 0 Å². The highest BCUT2D eigenvalue weighted by Gasteiger charge is 2.12. The first kappa shape index (κ1) is 12.0. The van der Waals surface area contributed by atoms with E-state index in [9.17, 15) is 0 Å². The summed E-state index contributed by atoms with van der Waals surface area (Å²) in [5.41, 5.74) is 2.56. The summed E-state index contributed by atoms with van der Waals surface area (Å²) in [6.45, 7) is 5.63.